The molecule has 1 N–H and O–H groups in total. The Morgan fingerprint density at radius 2 is 2.25 bits per heavy atom. The molecule has 0 unspecified atom stereocenters. The van der Waals surface area contributed by atoms with Crippen molar-refractivity contribution in [3.8, 4) is 11.4 Å². The van der Waals surface area contributed by atoms with Gasteiger partial charge in [-0.2, -0.15) is 5.10 Å². The molecule has 0 bridgehead atoms. The van der Waals surface area contributed by atoms with Crippen LogP contribution in [0, 0.1) is 11.7 Å². The molecular formula is C11H12BrN3S. The van der Waals surface area contributed by atoms with Gasteiger partial charge in [-0.1, -0.05) is 15.9 Å². The van der Waals surface area contributed by atoms with Crippen LogP contribution in [0.2, 0.25) is 0 Å². The Bertz CT molecular complexity index is 571. The Balaban J connectivity index is 2.63. The van der Waals surface area contributed by atoms with E-state index in [1.807, 2.05) is 10.6 Å². The first-order chi connectivity index (χ1) is 7.63. The molecule has 0 amide bonds. The summed E-state index contributed by atoms with van der Waals surface area (Å²) in [5.41, 5.74) is 2.29. The van der Waals surface area contributed by atoms with E-state index in [2.05, 4.69) is 52.1 Å². The fourth-order valence-corrected chi connectivity index (χ4v) is 2.43. The van der Waals surface area contributed by atoms with E-state index in [4.69, 9.17) is 12.2 Å². The highest BCUT2D eigenvalue weighted by molar-refractivity contribution is 9.10. The first kappa shape index (κ1) is 11.5. The number of aryl methyl sites for hydroxylation is 1. The van der Waals surface area contributed by atoms with Crippen LogP contribution in [0.25, 0.3) is 11.4 Å². The fraction of sp³-hybridized carbons (Fsp3) is 0.273. The van der Waals surface area contributed by atoms with E-state index in [1.165, 1.54) is 5.56 Å². The number of nitrogens with zero attached hydrogens (tertiary/aromatic N) is 2. The molecular weight excluding hydrogens is 286 g/mol. The van der Waals surface area contributed by atoms with Crippen LogP contribution in [0.15, 0.2) is 22.7 Å². The summed E-state index contributed by atoms with van der Waals surface area (Å²) in [6.45, 7) is 4.95. The van der Waals surface area contributed by atoms with Crippen molar-refractivity contribution in [2.24, 2.45) is 0 Å². The zero-order valence-electron chi connectivity index (χ0n) is 9.12. The molecule has 1 aromatic heterocycles. The van der Waals surface area contributed by atoms with Crippen LogP contribution in [0.3, 0.4) is 0 Å². The predicted octanol–water partition coefficient (Wildman–Crippen LogP) is 3.70. The number of benzene rings is 1. The number of H-pyrrole nitrogens is 1. The van der Waals surface area contributed by atoms with Gasteiger partial charge in [0.15, 0.2) is 10.6 Å². The second kappa shape index (κ2) is 4.51. The average molecular weight is 298 g/mol. The van der Waals surface area contributed by atoms with Gasteiger partial charge in [0.1, 0.15) is 0 Å². The zero-order chi connectivity index (χ0) is 11.7. The topological polar surface area (TPSA) is 33.6 Å². The average Bonchev–Trinajstić information content (AvgIpc) is 2.59. The van der Waals surface area contributed by atoms with Crippen molar-refractivity contribution in [3.05, 3.63) is 33.0 Å². The highest BCUT2D eigenvalue weighted by atomic mass is 79.9. The Hall–Kier alpha value is -0.940. The summed E-state index contributed by atoms with van der Waals surface area (Å²) in [6, 6.07) is 6.14. The highest BCUT2D eigenvalue weighted by Gasteiger charge is 2.09. The second-order valence-electron chi connectivity index (χ2n) is 3.56. The molecule has 16 heavy (non-hydrogen) atoms. The van der Waals surface area contributed by atoms with Crippen LogP contribution in [0.4, 0.5) is 0 Å². The van der Waals surface area contributed by atoms with Crippen LogP contribution in [0.5, 0.6) is 0 Å². The first-order valence-corrected chi connectivity index (χ1v) is 6.25. The third-order valence-electron chi connectivity index (χ3n) is 2.50. The van der Waals surface area contributed by atoms with Gasteiger partial charge in [0, 0.05) is 16.6 Å². The first-order valence-electron chi connectivity index (χ1n) is 5.05. The minimum atomic E-state index is 0.666. The zero-order valence-corrected chi connectivity index (χ0v) is 11.5. The van der Waals surface area contributed by atoms with E-state index in [0.29, 0.717) is 4.77 Å². The lowest BCUT2D eigenvalue weighted by atomic mass is 10.1. The van der Waals surface area contributed by atoms with E-state index >= 15 is 0 Å². The lowest BCUT2D eigenvalue weighted by molar-refractivity contribution is 0.755. The van der Waals surface area contributed by atoms with Gasteiger partial charge in [0.25, 0.3) is 0 Å². The largest absolute Gasteiger partial charge is 0.300 e. The van der Waals surface area contributed by atoms with Gasteiger partial charge >= 0.3 is 0 Å². The molecule has 1 heterocycles. The van der Waals surface area contributed by atoms with Crippen molar-refractivity contribution in [2.75, 3.05) is 0 Å². The molecule has 5 heteroatoms. The summed E-state index contributed by atoms with van der Waals surface area (Å²) in [5, 5.41) is 7.11. The smallest absolute Gasteiger partial charge is 0.195 e. The Morgan fingerprint density at radius 3 is 2.88 bits per heavy atom. The fourth-order valence-electron chi connectivity index (χ4n) is 1.69. The van der Waals surface area contributed by atoms with Crippen molar-refractivity contribution < 1.29 is 0 Å². The van der Waals surface area contributed by atoms with Gasteiger partial charge in [0.2, 0.25) is 0 Å². The molecule has 0 aliphatic rings. The molecule has 0 saturated carbocycles. The molecule has 0 aliphatic heterocycles. The van der Waals surface area contributed by atoms with Gasteiger partial charge in [-0.15, -0.1) is 0 Å². The number of hydrogen-bond donors (Lipinski definition) is 1. The lowest BCUT2D eigenvalue weighted by Gasteiger charge is -2.06. The third-order valence-corrected chi connectivity index (χ3v) is 3.31. The number of aromatic amines is 1. The molecule has 2 aromatic rings. The third kappa shape index (κ3) is 1.97. The van der Waals surface area contributed by atoms with Crippen molar-refractivity contribution >= 4 is 28.1 Å². The van der Waals surface area contributed by atoms with Crippen LogP contribution in [-0.4, -0.2) is 14.8 Å². The van der Waals surface area contributed by atoms with E-state index in [-0.39, 0.29) is 0 Å². The summed E-state index contributed by atoms with van der Waals surface area (Å²) in [4.78, 5) is 0. The molecule has 2 rings (SSSR count). The quantitative estimate of drug-likeness (QED) is 0.858. The number of rotatable bonds is 2. The molecule has 0 saturated heterocycles. The number of halogens is 1. The SMILES string of the molecule is CCn1c(-c2ccc(Br)cc2C)n[nH]c1=S. The predicted molar refractivity (Wildman–Crippen MR) is 71.0 cm³/mol. The van der Waals surface area contributed by atoms with Crippen LogP contribution in [-0.2, 0) is 6.54 Å². The molecule has 0 radical (unpaired) electrons. The van der Waals surface area contributed by atoms with Crippen LogP contribution < -0.4 is 0 Å². The van der Waals surface area contributed by atoms with Gasteiger partial charge in [-0.05, 0) is 49.8 Å². The molecule has 0 atom stereocenters. The summed E-state index contributed by atoms with van der Waals surface area (Å²) in [6.07, 6.45) is 0. The van der Waals surface area contributed by atoms with E-state index in [9.17, 15) is 0 Å². The Kier molecular flexibility index (Phi) is 3.25. The maximum Gasteiger partial charge on any atom is 0.195 e. The number of nitrogens with one attached hydrogen (secondary N) is 1. The van der Waals surface area contributed by atoms with Crippen molar-refractivity contribution in [3.63, 3.8) is 0 Å². The van der Waals surface area contributed by atoms with Crippen molar-refractivity contribution in [2.45, 2.75) is 20.4 Å². The van der Waals surface area contributed by atoms with E-state index < -0.39 is 0 Å². The molecule has 0 aliphatic carbocycles. The molecule has 0 spiro atoms. The molecule has 84 valence electrons. The maximum atomic E-state index is 5.18. The number of hydrogen-bond acceptors (Lipinski definition) is 2. The van der Waals surface area contributed by atoms with Gasteiger partial charge in [-0.25, -0.2) is 0 Å². The molecule has 3 nitrogen and oxygen atoms in total. The molecule has 0 fully saturated rings. The normalized spacial score (nSPS) is 10.7. The summed E-state index contributed by atoms with van der Waals surface area (Å²) in [5.74, 6) is 0.900. The van der Waals surface area contributed by atoms with Gasteiger partial charge < -0.3 is 4.57 Å². The summed E-state index contributed by atoms with van der Waals surface area (Å²) >= 11 is 8.63. The van der Waals surface area contributed by atoms with Gasteiger partial charge in [0.05, 0.1) is 0 Å². The monoisotopic (exact) mass is 297 g/mol. The molecule has 1 aromatic carbocycles. The highest BCUT2D eigenvalue weighted by Crippen LogP contribution is 2.24. The summed E-state index contributed by atoms with van der Waals surface area (Å²) in [7, 11) is 0. The lowest BCUT2D eigenvalue weighted by Crippen LogP contribution is -1.98. The number of aromatic nitrogens is 3. The second-order valence-corrected chi connectivity index (χ2v) is 4.86. The van der Waals surface area contributed by atoms with Crippen molar-refractivity contribution in [1.29, 1.82) is 0 Å². The van der Waals surface area contributed by atoms with Gasteiger partial charge in [-0.3, -0.25) is 5.10 Å². The van der Waals surface area contributed by atoms with Crippen LogP contribution >= 0.6 is 28.1 Å². The van der Waals surface area contributed by atoms with E-state index in [1.54, 1.807) is 0 Å². The standard InChI is InChI=1S/C11H12BrN3S/c1-3-15-10(13-14-11(15)16)9-5-4-8(12)6-7(9)2/h4-6H,3H2,1-2H3,(H,14,16). The minimum absolute atomic E-state index is 0.666. The minimum Gasteiger partial charge on any atom is -0.300 e. The Morgan fingerprint density at radius 1 is 1.50 bits per heavy atom. The van der Waals surface area contributed by atoms with Crippen molar-refractivity contribution in [1.82, 2.24) is 14.8 Å². The van der Waals surface area contributed by atoms with Crippen LogP contribution in [0.1, 0.15) is 12.5 Å². The maximum absolute atomic E-state index is 5.18. The Labute approximate surface area is 108 Å². The van der Waals surface area contributed by atoms with E-state index in [0.717, 1.165) is 22.4 Å². The summed E-state index contributed by atoms with van der Waals surface area (Å²) < 4.78 is 3.73.